The van der Waals surface area contributed by atoms with Crippen LogP contribution in [-0.4, -0.2) is 45.0 Å². The number of hydrogen-bond donors (Lipinski definition) is 0. The fraction of sp³-hybridized carbons (Fsp3) is 0.238. The van der Waals surface area contributed by atoms with E-state index in [9.17, 15) is 4.79 Å². The molecule has 0 unspecified atom stereocenters. The SMILES string of the molecule is CCc1cccc(OC2CN(C(=O)c3cnc(-c4cccnc4)nc3)C2)c1. The predicted molar refractivity (Wildman–Crippen MR) is 101 cm³/mol. The van der Waals surface area contributed by atoms with E-state index in [0.717, 1.165) is 17.7 Å². The van der Waals surface area contributed by atoms with Crippen LogP contribution in [0, 0.1) is 0 Å². The third-order valence-corrected chi connectivity index (χ3v) is 4.56. The average Bonchev–Trinajstić information content (AvgIpc) is 2.71. The van der Waals surface area contributed by atoms with E-state index in [2.05, 4.69) is 34.0 Å². The molecule has 4 rings (SSSR count). The highest BCUT2D eigenvalue weighted by atomic mass is 16.5. The van der Waals surface area contributed by atoms with Gasteiger partial charge in [-0.25, -0.2) is 9.97 Å². The summed E-state index contributed by atoms with van der Waals surface area (Å²) < 4.78 is 5.95. The Morgan fingerprint density at radius 1 is 1.15 bits per heavy atom. The van der Waals surface area contributed by atoms with E-state index in [-0.39, 0.29) is 12.0 Å². The van der Waals surface area contributed by atoms with Crippen LogP contribution in [0.3, 0.4) is 0 Å². The average molecular weight is 360 g/mol. The molecule has 1 aliphatic heterocycles. The summed E-state index contributed by atoms with van der Waals surface area (Å²) in [6, 6.07) is 11.8. The minimum Gasteiger partial charge on any atom is -0.487 e. The van der Waals surface area contributed by atoms with Gasteiger partial charge >= 0.3 is 0 Å². The van der Waals surface area contributed by atoms with Crippen LogP contribution in [0.2, 0.25) is 0 Å². The van der Waals surface area contributed by atoms with Crippen LogP contribution in [0.4, 0.5) is 0 Å². The normalized spacial score (nSPS) is 13.9. The largest absolute Gasteiger partial charge is 0.487 e. The van der Waals surface area contributed by atoms with Gasteiger partial charge in [0.2, 0.25) is 0 Å². The predicted octanol–water partition coefficient (Wildman–Crippen LogP) is 3.00. The molecule has 2 aromatic heterocycles. The Labute approximate surface area is 157 Å². The number of hydrogen-bond acceptors (Lipinski definition) is 5. The number of likely N-dealkylation sites (tertiary alicyclic amines) is 1. The zero-order valence-corrected chi connectivity index (χ0v) is 15.1. The first-order valence-electron chi connectivity index (χ1n) is 9.00. The van der Waals surface area contributed by atoms with Crippen LogP contribution in [0.1, 0.15) is 22.8 Å². The fourth-order valence-corrected chi connectivity index (χ4v) is 2.97. The second-order valence-corrected chi connectivity index (χ2v) is 6.49. The Bertz CT molecular complexity index is 922. The van der Waals surface area contributed by atoms with Gasteiger partial charge in [-0.3, -0.25) is 9.78 Å². The molecule has 1 amide bonds. The van der Waals surface area contributed by atoms with Gasteiger partial charge in [-0.05, 0) is 36.2 Å². The molecule has 0 spiro atoms. The monoisotopic (exact) mass is 360 g/mol. The maximum atomic E-state index is 12.6. The van der Waals surface area contributed by atoms with Gasteiger partial charge in [-0.2, -0.15) is 0 Å². The van der Waals surface area contributed by atoms with Crippen molar-refractivity contribution in [1.29, 1.82) is 0 Å². The first-order valence-corrected chi connectivity index (χ1v) is 9.00. The lowest BCUT2D eigenvalue weighted by molar-refractivity contribution is 0.0177. The number of rotatable bonds is 5. The van der Waals surface area contributed by atoms with Crippen molar-refractivity contribution < 1.29 is 9.53 Å². The molecule has 3 aromatic rings. The number of aryl methyl sites for hydroxylation is 1. The van der Waals surface area contributed by atoms with Gasteiger partial charge in [-0.1, -0.05) is 19.1 Å². The molecule has 0 aliphatic carbocycles. The van der Waals surface area contributed by atoms with Crippen LogP contribution in [0.5, 0.6) is 5.75 Å². The molecular weight excluding hydrogens is 340 g/mol. The first kappa shape index (κ1) is 17.1. The lowest BCUT2D eigenvalue weighted by atomic mass is 10.1. The third kappa shape index (κ3) is 3.79. The molecular formula is C21H20N4O2. The van der Waals surface area contributed by atoms with Crippen LogP contribution >= 0.6 is 0 Å². The van der Waals surface area contributed by atoms with E-state index in [4.69, 9.17) is 4.74 Å². The number of nitrogens with zero attached hydrogens (tertiary/aromatic N) is 4. The number of ether oxygens (including phenoxy) is 1. The van der Waals surface area contributed by atoms with Crippen molar-refractivity contribution in [3.05, 3.63) is 72.3 Å². The van der Waals surface area contributed by atoms with Crippen LogP contribution in [0.15, 0.2) is 61.2 Å². The summed E-state index contributed by atoms with van der Waals surface area (Å²) in [7, 11) is 0. The smallest absolute Gasteiger partial charge is 0.257 e. The lowest BCUT2D eigenvalue weighted by Crippen LogP contribution is -2.56. The van der Waals surface area contributed by atoms with E-state index in [1.807, 2.05) is 24.3 Å². The minimum atomic E-state index is -0.0742. The first-order chi connectivity index (χ1) is 13.2. The van der Waals surface area contributed by atoms with E-state index >= 15 is 0 Å². The fourth-order valence-electron chi connectivity index (χ4n) is 2.97. The van der Waals surface area contributed by atoms with Gasteiger partial charge < -0.3 is 9.64 Å². The highest BCUT2D eigenvalue weighted by Crippen LogP contribution is 2.21. The summed E-state index contributed by atoms with van der Waals surface area (Å²) in [6.45, 7) is 3.25. The molecule has 6 nitrogen and oxygen atoms in total. The molecule has 6 heteroatoms. The van der Waals surface area contributed by atoms with Crippen LogP contribution in [0.25, 0.3) is 11.4 Å². The lowest BCUT2D eigenvalue weighted by Gasteiger charge is -2.38. The van der Waals surface area contributed by atoms with Crippen molar-refractivity contribution >= 4 is 5.91 Å². The van der Waals surface area contributed by atoms with Crippen molar-refractivity contribution in [1.82, 2.24) is 19.9 Å². The van der Waals surface area contributed by atoms with Gasteiger partial charge in [0, 0.05) is 30.4 Å². The number of benzene rings is 1. The van der Waals surface area contributed by atoms with Gasteiger partial charge in [0.25, 0.3) is 5.91 Å². The molecule has 136 valence electrons. The Balaban J connectivity index is 1.34. The standard InChI is InChI=1S/C21H20N4O2/c1-2-15-5-3-7-18(9-15)27-19-13-25(14-19)21(26)17-11-23-20(24-12-17)16-6-4-8-22-10-16/h3-12,19H,2,13-14H2,1H3. The summed E-state index contributed by atoms with van der Waals surface area (Å²) in [4.78, 5) is 26.9. The van der Waals surface area contributed by atoms with Gasteiger partial charge in [-0.15, -0.1) is 0 Å². The molecule has 0 saturated carbocycles. The maximum Gasteiger partial charge on any atom is 0.257 e. The molecule has 1 aromatic carbocycles. The van der Waals surface area contributed by atoms with E-state index in [1.165, 1.54) is 5.56 Å². The number of carbonyl (C=O) groups is 1. The highest BCUT2D eigenvalue weighted by molar-refractivity contribution is 5.94. The van der Waals surface area contributed by atoms with Gasteiger partial charge in [0.15, 0.2) is 5.82 Å². The summed E-state index contributed by atoms with van der Waals surface area (Å²) in [6.07, 6.45) is 7.52. The molecule has 0 radical (unpaired) electrons. The molecule has 0 N–H and O–H groups in total. The van der Waals surface area contributed by atoms with Crippen molar-refractivity contribution in [2.24, 2.45) is 0 Å². The van der Waals surface area contributed by atoms with E-state index in [1.54, 1.807) is 29.7 Å². The topological polar surface area (TPSA) is 68.2 Å². The molecule has 0 atom stereocenters. The Morgan fingerprint density at radius 2 is 1.96 bits per heavy atom. The quantitative estimate of drug-likeness (QED) is 0.700. The maximum absolute atomic E-state index is 12.6. The zero-order valence-electron chi connectivity index (χ0n) is 15.1. The second kappa shape index (κ2) is 7.53. The van der Waals surface area contributed by atoms with Gasteiger partial charge in [0.05, 0.1) is 18.7 Å². The molecule has 3 heterocycles. The summed E-state index contributed by atoms with van der Waals surface area (Å²) in [5, 5.41) is 0. The van der Waals surface area contributed by atoms with E-state index in [0.29, 0.717) is 24.5 Å². The van der Waals surface area contributed by atoms with Crippen molar-refractivity contribution in [3.8, 4) is 17.1 Å². The number of amides is 1. The highest BCUT2D eigenvalue weighted by Gasteiger charge is 2.33. The van der Waals surface area contributed by atoms with Crippen molar-refractivity contribution in [3.63, 3.8) is 0 Å². The zero-order chi connectivity index (χ0) is 18.6. The Kier molecular flexibility index (Phi) is 4.78. The Hall–Kier alpha value is -3.28. The number of aromatic nitrogens is 3. The Morgan fingerprint density at radius 3 is 2.67 bits per heavy atom. The summed E-state index contributed by atoms with van der Waals surface area (Å²) in [5.41, 5.74) is 2.54. The molecule has 0 bridgehead atoms. The molecule has 1 fully saturated rings. The van der Waals surface area contributed by atoms with Crippen LogP contribution in [-0.2, 0) is 6.42 Å². The molecule has 27 heavy (non-hydrogen) atoms. The minimum absolute atomic E-state index is 0.0247. The second-order valence-electron chi connectivity index (χ2n) is 6.49. The molecule has 1 aliphatic rings. The number of carbonyl (C=O) groups excluding carboxylic acids is 1. The summed E-state index contributed by atoms with van der Waals surface area (Å²) in [5.74, 6) is 1.34. The van der Waals surface area contributed by atoms with E-state index < -0.39 is 0 Å². The summed E-state index contributed by atoms with van der Waals surface area (Å²) >= 11 is 0. The van der Waals surface area contributed by atoms with Crippen molar-refractivity contribution in [2.45, 2.75) is 19.4 Å². The third-order valence-electron chi connectivity index (χ3n) is 4.56. The van der Waals surface area contributed by atoms with Crippen molar-refractivity contribution in [2.75, 3.05) is 13.1 Å². The van der Waals surface area contributed by atoms with Gasteiger partial charge in [0.1, 0.15) is 11.9 Å². The molecule has 1 saturated heterocycles. The van der Waals surface area contributed by atoms with Crippen LogP contribution < -0.4 is 4.74 Å². The number of pyridine rings is 1.